The summed E-state index contributed by atoms with van der Waals surface area (Å²) in [5.41, 5.74) is 15.4. The van der Waals surface area contributed by atoms with Gasteiger partial charge in [-0.1, -0.05) is 42.5 Å². The molecule has 3 rings (SSSR count). The molecule has 1 unspecified atom stereocenters. The van der Waals surface area contributed by atoms with Crippen molar-refractivity contribution in [2.45, 2.75) is 13.0 Å². The number of nitrogens with zero attached hydrogens (tertiary/aromatic N) is 1. The first-order valence-corrected chi connectivity index (χ1v) is 6.62. The van der Waals surface area contributed by atoms with Gasteiger partial charge in [0.25, 0.3) is 0 Å². The van der Waals surface area contributed by atoms with Gasteiger partial charge in [0.2, 0.25) is 0 Å². The summed E-state index contributed by atoms with van der Waals surface area (Å²) in [6.07, 6.45) is 1.76. The molecule has 3 heteroatoms. The van der Waals surface area contributed by atoms with Gasteiger partial charge >= 0.3 is 0 Å². The third-order valence-electron chi connectivity index (χ3n) is 3.58. The quantitative estimate of drug-likeness (QED) is 0.746. The minimum Gasteiger partial charge on any atom is -0.383 e. The van der Waals surface area contributed by atoms with E-state index in [1.165, 1.54) is 5.39 Å². The fraction of sp³-hybridized carbons (Fsp3) is 0.118. The molecule has 0 bridgehead atoms. The summed E-state index contributed by atoms with van der Waals surface area (Å²) in [4.78, 5) is 4.20. The molecule has 0 aliphatic heterocycles. The SMILES string of the molecule is Cc1cnc(N)c(C(N)c2cccc3ccccc23)c1. The molecule has 0 radical (unpaired) electrons. The number of nitrogen functional groups attached to an aromatic ring is 1. The van der Waals surface area contributed by atoms with Crippen molar-refractivity contribution in [2.24, 2.45) is 5.73 Å². The highest BCUT2D eigenvalue weighted by molar-refractivity contribution is 5.86. The summed E-state index contributed by atoms with van der Waals surface area (Å²) in [5, 5.41) is 2.34. The Labute approximate surface area is 118 Å². The van der Waals surface area contributed by atoms with Crippen LogP contribution >= 0.6 is 0 Å². The van der Waals surface area contributed by atoms with Crippen LogP contribution < -0.4 is 11.5 Å². The molecule has 1 atom stereocenters. The van der Waals surface area contributed by atoms with E-state index in [9.17, 15) is 0 Å². The van der Waals surface area contributed by atoms with E-state index < -0.39 is 0 Å². The third kappa shape index (κ3) is 2.12. The van der Waals surface area contributed by atoms with Gasteiger partial charge in [-0.05, 0) is 34.9 Å². The number of fused-ring (bicyclic) bond motifs is 1. The summed E-state index contributed by atoms with van der Waals surface area (Å²) in [5.74, 6) is 0.496. The highest BCUT2D eigenvalue weighted by Crippen LogP contribution is 2.29. The molecule has 20 heavy (non-hydrogen) atoms. The highest BCUT2D eigenvalue weighted by atomic mass is 14.8. The smallest absolute Gasteiger partial charge is 0.128 e. The van der Waals surface area contributed by atoms with E-state index in [1.807, 2.05) is 31.2 Å². The monoisotopic (exact) mass is 263 g/mol. The van der Waals surface area contributed by atoms with Crippen LogP contribution in [0.2, 0.25) is 0 Å². The molecule has 0 aliphatic rings. The molecule has 1 heterocycles. The number of benzene rings is 2. The van der Waals surface area contributed by atoms with Crippen molar-refractivity contribution in [2.75, 3.05) is 5.73 Å². The predicted octanol–water partition coefficient (Wildman–Crippen LogP) is 3.17. The largest absolute Gasteiger partial charge is 0.383 e. The van der Waals surface area contributed by atoms with Crippen LogP contribution in [0.1, 0.15) is 22.7 Å². The molecule has 0 spiro atoms. The number of pyridine rings is 1. The van der Waals surface area contributed by atoms with Crippen molar-refractivity contribution < 1.29 is 0 Å². The fourth-order valence-electron chi connectivity index (χ4n) is 2.54. The maximum absolute atomic E-state index is 6.43. The third-order valence-corrected chi connectivity index (χ3v) is 3.58. The summed E-state index contributed by atoms with van der Waals surface area (Å²) in [7, 11) is 0. The molecule has 0 aliphatic carbocycles. The van der Waals surface area contributed by atoms with Crippen molar-refractivity contribution in [3.63, 3.8) is 0 Å². The molecule has 4 N–H and O–H groups in total. The van der Waals surface area contributed by atoms with E-state index in [0.29, 0.717) is 5.82 Å². The van der Waals surface area contributed by atoms with Crippen LogP contribution in [0.25, 0.3) is 10.8 Å². The van der Waals surface area contributed by atoms with Crippen LogP contribution in [0.3, 0.4) is 0 Å². The number of hydrogen-bond acceptors (Lipinski definition) is 3. The van der Waals surface area contributed by atoms with E-state index in [0.717, 1.165) is 22.1 Å². The number of rotatable bonds is 2. The minimum atomic E-state index is -0.270. The van der Waals surface area contributed by atoms with E-state index in [2.05, 4.69) is 29.2 Å². The predicted molar refractivity (Wildman–Crippen MR) is 83.4 cm³/mol. The zero-order valence-electron chi connectivity index (χ0n) is 11.4. The van der Waals surface area contributed by atoms with E-state index in [-0.39, 0.29) is 6.04 Å². The number of hydrogen-bond donors (Lipinski definition) is 2. The molecular formula is C17H17N3. The standard InChI is InChI=1S/C17H17N3/c1-11-9-15(17(19)20-10-11)16(18)14-8-4-6-12-5-2-3-7-13(12)14/h2-10,16H,18H2,1H3,(H2,19,20). The second-order valence-corrected chi connectivity index (χ2v) is 5.03. The van der Waals surface area contributed by atoms with Gasteiger partial charge in [-0.25, -0.2) is 4.98 Å². The van der Waals surface area contributed by atoms with Gasteiger partial charge in [0.1, 0.15) is 5.82 Å². The lowest BCUT2D eigenvalue weighted by molar-refractivity contribution is 0.874. The van der Waals surface area contributed by atoms with Crippen molar-refractivity contribution in [3.8, 4) is 0 Å². The van der Waals surface area contributed by atoms with E-state index in [1.54, 1.807) is 6.20 Å². The Hall–Kier alpha value is -2.39. The molecule has 0 saturated carbocycles. The topological polar surface area (TPSA) is 64.9 Å². The lowest BCUT2D eigenvalue weighted by atomic mass is 9.94. The lowest BCUT2D eigenvalue weighted by Gasteiger charge is -2.17. The van der Waals surface area contributed by atoms with Crippen LogP contribution in [0.4, 0.5) is 5.82 Å². The Kier molecular flexibility index (Phi) is 3.12. The van der Waals surface area contributed by atoms with Gasteiger partial charge in [0.15, 0.2) is 0 Å². The second kappa shape index (κ2) is 4.94. The van der Waals surface area contributed by atoms with Crippen molar-refractivity contribution in [1.29, 1.82) is 0 Å². The van der Waals surface area contributed by atoms with Crippen LogP contribution in [-0.4, -0.2) is 4.98 Å². The molecule has 0 fully saturated rings. The first kappa shape index (κ1) is 12.6. The maximum Gasteiger partial charge on any atom is 0.128 e. The zero-order chi connectivity index (χ0) is 14.1. The van der Waals surface area contributed by atoms with Gasteiger partial charge in [0, 0.05) is 11.8 Å². The van der Waals surface area contributed by atoms with Crippen molar-refractivity contribution in [1.82, 2.24) is 4.98 Å². The summed E-state index contributed by atoms with van der Waals surface area (Å²) in [6, 6.07) is 16.1. The number of nitrogens with two attached hydrogens (primary N) is 2. The second-order valence-electron chi connectivity index (χ2n) is 5.03. The molecule has 3 aromatic rings. The minimum absolute atomic E-state index is 0.270. The van der Waals surface area contributed by atoms with Crippen LogP contribution in [0.5, 0.6) is 0 Å². The Morgan fingerprint density at radius 3 is 2.60 bits per heavy atom. The van der Waals surface area contributed by atoms with E-state index in [4.69, 9.17) is 11.5 Å². The number of aromatic nitrogens is 1. The molecule has 0 amide bonds. The first-order chi connectivity index (χ1) is 9.66. The molecule has 100 valence electrons. The number of aryl methyl sites for hydroxylation is 1. The normalized spacial score (nSPS) is 12.5. The van der Waals surface area contributed by atoms with Crippen LogP contribution in [-0.2, 0) is 0 Å². The molecule has 3 nitrogen and oxygen atoms in total. The van der Waals surface area contributed by atoms with Gasteiger partial charge in [0.05, 0.1) is 6.04 Å². The van der Waals surface area contributed by atoms with Crippen molar-refractivity contribution in [3.05, 3.63) is 71.4 Å². The average molecular weight is 263 g/mol. The van der Waals surface area contributed by atoms with Gasteiger partial charge in [-0.15, -0.1) is 0 Å². The van der Waals surface area contributed by atoms with Crippen molar-refractivity contribution >= 4 is 16.6 Å². The first-order valence-electron chi connectivity index (χ1n) is 6.62. The Morgan fingerprint density at radius 2 is 1.75 bits per heavy atom. The Morgan fingerprint density at radius 1 is 1.00 bits per heavy atom. The van der Waals surface area contributed by atoms with Crippen LogP contribution in [0.15, 0.2) is 54.7 Å². The molecule has 2 aromatic carbocycles. The molecular weight excluding hydrogens is 246 g/mol. The Balaban J connectivity index is 2.17. The summed E-state index contributed by atoms with van der Waals surface area (Å²) in [6.45, 7) is 1.99. The Bertz CT molecular complexity index is 760. The summed E-state index contributed by atoms with van der Waals surface area (Å²) >= 11 is 0. The van der Waals surface area contributed by atoms with E-state index >= 15 is 0 Å². The summed E-state index contributed by atoms with van der Waals surface area (Å²) < 4.78 is 0. The molecule has 0 saturated heterocycles. The molecule has 1 aromatic heterocycles. The van der Waals surface area contributed by atoms with Crippen LogP contribution in [0, 0.1) is 6.92 Å². The fourth-order valence-corrected chi connectivity index (χ4v) is 2.54. The van der Waals surface area contributed by atoms with Gasteiger partial charge < -0.3 is 11.5 Å². The zero-order valence-corrected chi connectivity index (χ0v) is 11.4. The lowest BCUT2D eigenvalue weighted by Crippen LogP contribution is -2.15. The van der Waals surface area contributed by atoms with Gasteiger partial charge in [-0.2, -0.15) is 0 Å². The maximum atomic E-state index is 6.43. The highest BCUT2D eigenvalue weighted by Gasteiger charge is 2.15. The number of anilines is 1. The average Bonchev–Trinajstić information content (AvgIpc) is 2.48. The van der Waals surface area contributed by atoms with Gasteiger partial charge in [-0.3, -0.25) is 0 Å².